The van der Waals surface area contributed by atoms with Crippen LogP contribution in [0.4, 0.5) is 10.5 Å². The van der Waals surface area contributed by atoms with Crippen LogP contribution in [-0.2, 0) is 6.42 Å². The normalized spacial score (nSPS) is 10.2. The first-order chi connectivity index (χ1) is 8.20. The lowest BCUT2D eigenvalue weighted by Gasteiger charge is -2.05. The first kappa shape index (κ1) is 11.6. The van der Waals surface area contributed by atoms with Crippen LogP contribution >= 0.6 is 11.3 Å². The number of aromatic nitrogens is 1. The molecule has 0 unspecified atom stereocenters. The van der Waals surface area contributed by atoms with E-state index in [1.807, 2.05) is 24.4 Å². The van der Waals surface area contributed by atoms with Crippen LogP contribution in [0.1, 0.15) is 12.6 Å². The predicted octanol–water partition coefficient (Wildman–Crippen LogP) is 3.46. The highest BCUT2D eigenvalue weighted by molar-refractivity contribution is 7.13. The standard InChI is InChI=1S/C12H12N2O2S/c1-2-8-7-17-11(13-8)9-5-3-4-6-10(9)14-12(15)16/h3-7,14H,2H2,1H3,(H,15,16). The molecule has 0 aliphatic rings. The van der Waals surface area contributed by atoms with Crippen molar-refractivity contribution in [3.63, 3.8) is 0 Å². The van der Waals surface area contributed by atoms with Crippen molar-refractivity contribution >= 4 is 23.1 Å². The number of benzene rings is 1. The van der Waals surface area contributed by atoms with Crippen molar-refractivity contribution in [1.82, 2.24) is 4.98 Å². The molecule has 1 aromatic heterocycles. The summed E-state index contributed by atoms with van der Waals surface area (Å²) in [5, 5.41) is 14.0. The maximum atomic E-state index is 10.7. The number of thiazole rings is 1. The highest BCUT2D eigenvalue weighted by atomic mass is 32.1. The van der Waals surface area contributed by atoms with Gasteiger partial charge >= 0.3 is 6.09 Å². The summed E-state index contributed by atoms with van der Waals surface area (Å²) in [6.07, 6.45) is -0.185. The number of hydrogen-bond acceptors (Lipinski definition) is 3. The molecule has 1 heterocycles. The Kier molecular flexibility index (Phi) is 3.39. The average molecular weight is 248 g/mol. The van der Waals surface area contributed by atoms with E-state index in [-0.39, 0.29) is 0 Å². The zero-order valence-electron chi connectivity index (χ0n) is 9.30. The van der Waals surface area contributed by atoms with Gasteiger partial charge in [0.25, 0.3) is 0 Å². The van der Waals surface area contributed by atoms with E-state index in [0.29, 0.717) is 5.69 Å². The Morgan fingerprint density at radius 3 is 2.88 bits per heavy atom. The Bertz CT molecular complexity index is 537. The molecule has 0 saturated heterocycles. The molecular formula is C12H12N2O2S. The van der Waals surface area contributed by atoms with Crippen LogP contribution in [0.15, 0.2) is 29.6 Å². The fraction of sp³-hybridized carbons (Fsp3) is 0.167. The van der Waals surface area contributed by atoms with E-state index < -0.39 is 6.09 Å². The van der Waals surface area contributed by atoms with E-state index in [9.17, 15) is 4.79 Å². The predicted molar refractivity (Wildman–Crippen MR) is 68.6 cm³/mol. The largest absolute Gasteiger partial charge is 0.465 e. The van der Waals surface area contributed by atoms with E-state index in [1.54, 1.807) is 12.1 Å². The smallest absolute Gasteiger partial charge is 0.409 e. The first-order valence-corrected chi connectivity index (χ1v) is 6.12. The van der Waals surface area contributed by atoms with Crippen molar-refractivity contribution in [1.29, 1.82) is 0 Å². The lowest BCUT2D eigenvalue weighted by molar-refractivity contribution is 0.210. The summed E-state index contributed by atoms with van der Waals surface area (Å²) < 4.78 is 0. The molecule has 0 aliphatic carbocycles. The Labute approximate surface area is 103 Å². The van der Waals surface area contributed by atoms with E-state index in [1.165, 1.54) is 11.3 Å². The van der Waals surface area contributed by atoms with Crippen LogP contribution in [0.25, 0.3) is 10.6 Å². The zero-order chi connectivity index (χ0) is 12.3. The summed E-state index contributed by atoms with van der Waals surface area (Å²) in [4.78, 5) is 15.1. The summed E-state index contributed by atoms with van der Waals surface area (Å²) in [5.41, 5.74) is 2.41. The molecule has 17 heavy (non-hydrogen) atoms. The second-order valence-corrected chi connectivity index (χ2v) is 4.33. The molecule has 0 spiro atoms. The molecule has 4 nitrogen and oxygen atoms in total. The number of aryl methyl sites for hydroxylation is 1. The topological polar surface area (TPSA) is 62.2 Å². The van der Waals surface area contributed by atoms with Crippen molar-refractivity contribution in [3.8, 4) is 10.6 Å². The minimum atomic E-state index is -1.07. The molecule has 88 valence electrons. The van der Waals surface area contributed by atoms with Crippen molar-refractivity contribution in [2.75, 3.05) is 5.32 Å². The molecule has 0 fully saturated rings. The fourth-order valence-corrected chi connectivity index (χ4v) is 2.43. The number of rotatable bonds is 3. The highest BCUT2D eigenvalue weighted by Gasteiger charge is 2.10. The van der Waals surface area contributed by atoms with Crippen LogP contribution in [0.5, 0.6) is 0 Å². The van der Waals surface area contributed by atoms with Gasteiger partial charge in [-0.1, -0.05) is 19.1 Å². The highest BCUT2D eigenvalue weighted by Crippen LogP contribution is 2.30. The summed E-state index contributed by atoms with van der Waals surface area (Å²) >= 11 is 1.52. The van der Waals surface area contributed by atoms with Gasteiger partial charge in [-0.25, -0.2) is 9.78 Å². The number of hydrogen-bond donors (Lipinski definition) is 2. The van der Waals surface area contributed by atoms with Crippen molar-refractivity contribution in [3.05, 3.63) is 35.3 Å². The van der Waals surface area contributed by atoms with Gasteiger partial charge in [-0.15, -0.1) is 11.3 Å². The third-order valence-corrected chi connectivity index (χ3v) is 3.24. The zero-order valence-corrected chi connectivity index (χ0v) is 10.1. The molecule has 0 bridgehead atoms. The number of para-hydroxylation sites is 1. The van der Waals surface area contributed by atoms with E-state index in [0.717, 1.165) is 22.7 Å². The Morgan fingerprint density at radius 1 is 1.47 bits per heavy atom. The quantitative estimate of drug-likeness (QED) is 0.874. The van der Waals surface area contributed by atoms with E-state index in [4.69, 9.17) is 5.11 Å². The molecule has 0 radical (unpaired) electrons. The Hall–Kier alpha value is -1.88. The third-order valence-electron chi connectivity index (χ3n) is 2.31. The van der Waals surface area contributed by atoms with Gasteiger partial charge in [0.05, 0.1) is 11.4 Å². The molecule has 5 heteroatoms. The molecule has 0 aliphatic heterocycles. The summed E-state index contributed by atoms with van der Waals surface area (Å²) in [7, 11) is 0. The Morgan fingerprint density at radius 2 is 2.24 bits per heavy atom. The number of amides is 1. The van der Waals surface area contributed by atoms with Crippen LogP contribution < -0.4 is 5.32 Å². The Balaban J connectivity index is 2.40. The van der Waals surface area contributed by atoms with Gasteiger partial charge < -0.3 is 5.11 Å². The van der Waals surface area contributed by atoms with Crippen molar-refractivity contribution < 1.29 is 9.90 Å². The van der Waals surface area contributed by atoms with Crippen LogP contribution in [0, 0.1) is 0 Å². The third kappa shape index (κ3) is 2.62. The van der Waals surface area contributed by atoms with Gasteiger partial charge in [-0.3, -0.25) is 5.32 Å². The average Bonchev–Trinajstić information content (AvgIpc) is 2.77. The van der Waals surface area contributed by atoms with E-state index in [2.05, 4.69) is 10.3 Å². The molecule has 2 rings (SSSR count). The van der Waals surface area contributed by atoms with Crippen LogP contribution in [0.2, 0.25) is 0 Å². The number of nitrogens with one attached hydrogen (secondary N) is 1. The summed E-state index contributed by atoms with van der Waals surface area (Å²) in [5.74, 6) is 0. The van der Waals surface area contributed by atoms with E-state index >= 15 is 0 Å². The molecule has 0 saturated carbocycles. The van der Waals surface area contributed by atoms with Gasteiger partial charge in [-0.05, 0) is 18.6 Å². The molecular weight excluding hydrogens is 236 g/mol. The summed E-state index contributed by atoms with van der Waals surface area (Å²) in [6.45, 7) is 2.04. The molecule has 1 amide bonds. The molecule has 0 atom stereocenters. The molecule has 2 N–H and O–H groups in total. The van der Waals surface area contributed by atoms with Crippen molar-refractivity contribution in [2.45, 2.75) is 13.3 Å². The van der Waals surface area contributed by atoms with Gasteiger partial charge in [0, 0.05) is 10.9 Å². The van der Waals surface area contributed by atoms with Gasteiger partial charge in [0.1, 0.15) is 5.01 Å². The molecule has 2 aromatic rings. The van der Waals surface area contributed by atoms with Gasteiger partial charge in [-0.2, -0.15) is 0 Å². The first-order valence-electron chi connectivity index (χ1n) is 5.24. The van der Waals surface area contributed by atoms with Crippen molar-refractivity contribution in [2.24, 2.45) is 0 Å². The fourth-order valence-electron chi connectivity index (χ4n) is 1.49. The lowest BCUT2D eigenvalue weighted by atomic mass is 10.2. The SMILES string of the molecule is CCc1csc(-c2ccccc2NC(=O)O)n1. The second-order valence-electron chi connectivity index (χ2n) is 3.47. The minimum Gasteiger partial charge on any atom is -0.465 e. The van der Waals surface area contributed by atoms with Gasteiger partial charge in [0.2, 0.25) is 0 Å². The summed E-state index contributed by atoms with van der Waals surface area (Å²) in [6, 6.07) is 7.26. The lowest BCUT2D eigenvalue weighted by Crippen LogP contribution is -2.08. The number of carboxylic acid groups (broad SMARTS) is 1. The van der Waals surface area contributed by atoms with Gasteiger partial charge in [0.15, 0.2) is 0 Å². The van der Waals surface area contributed by atoms with Crippen LogP contribution in [-0.4, -0.2) is 16.2 Å². The number of carbonyl (C=O) groups is 1. The number of anilines is 1. The minimum absolute atomic E-state index is 0.567. The maximum Gasteiger partial charge on any atom is 0.409 e. The maximum absolute atomic E-state index is 10.7. The molecule has 1 aromatic carbocycles. The second kappa shape index (κ2) is 4.97. The van der Waals surface area contributed by atoms with Crippen LogP contribution in [0.3, 0.4) is 0 Å². The number of nitrogens with zero attached hydrogens (tertiary/aromatic N) is 1. The monoisotopic (exact) mass is 248 g/mol.